The molecule has 128 valence electrons. The summed E-state index contributed by atoms with van der Waals surface area (Å²) in [4.78, 5) is 9.30. The lowest BCUT2D eigenvalue weighted by Crippen LogP contribution is -1.96. The van der Waals surface area contributed by atoms with Crippen molar-refractivity contribution in [3.05, 3.63) is 90.3 Å². The maximum Gasteiger partial charge on any atom is 0.126 e. The molecule has 26 heavy (non-hydrogen) atoms. The van der Waals surface area contributed by atoms with Gasteiger partial charge in [0.05, 0.1) is 11.4 Å². The van der Waals surface area contributed by atoms with Crippen LogP contribution in [0.25, 0.3) is 28.1 Å². The summed E-state index contributed by atoms with van der Waals surface area (Å²) in [6, 6.07) is 21.0. The van der Waals surface area contributed by atoms with Crippen molar-refractivity contribution >= 4 is 5.57 Å². The molecule has 0 spiro atoms. The van der Waals surface area contributed by atoms with Crippen molar-refractivity contribution in [1.29, 1.82) is 0 Å². The first-order valence-corrected chi connectivity index (χ1v) is 9.09. The normalized spacial score (nSPS) is 16.4. The van der Waals surface area contributed by atoms with Crippen LogP contribution in [-0.4, -0.2) is 9.97 Å². The van der Waals surface area contributed by atoms with Gasteiger partial charge in [0.1, 0.15) is 5.82 Å². The lowest BCUT2D eigenvalue weighted by Gasteiger charge is -2.13. The van der Waals surface area contributed by atoms with E-state index in [-0.39, 0.29) is 0 Å². The third-order valence-corrected chi connectivity index (χ3v) is 4.71. The lowest BCUT2D eigenvalue weighted by atomic mass is 9.93. The molecule has 2 heteroatoms. The van der Waals surface area contributed by atoms with Gasteiger partial charge in [-0.25, -0.2) is 9.97 Å². The molecule has 1 aliphatic carbocycles. The van der Waals surface area contributed by atoms with Gasteiger partial charge < -0.3 is 0 Å². The third-order valence-electron chi connectivity index (χ3n) is 4.71. The summed E-state index contributed by atoms with van der Waals surface area (Å²) in [6.45, 7) is 4.20. The Labute approximate surface area is 155 Å². The van der Waals surface area contributed by atoms with Crippen LogP contribution in [0.5, 0.6) is 0 Å². The fraction of sp³-hybridized carbons (Fsp3) is 0.167. The molecular weight excluding hydrogens is 316 g/mol. The summed E-state index contributed by atoms with van der Waals surface area (Å²) < 4.78 is 0. The van der Waals surface area contributed by atoms with E-state index in [0.717, 1.165) is 34.8 Å². The van der Waals surface area contributed by atoms with Crippen molar-refractivity contribution in [2.75, 3.05) is 0 Å². The fourth-order valence-electron chi connectivity index (χ4n) is 3.27. The average molecular weight is 338 g/mol. The Morgan fingerprint density at radius 3 is 2.23 bits per heavy atom. The van der Waals surface area contributed by atoms with Gasteiger partial charge >= 0.3 is 0 Å². The Morgan fingerprint density at radius 1 is 0.808 bits per heavy atom. The minimum atomic E-state index is 0.625. The van der Waals surface area contributed by atoms with E-state index < -0.39 is 0 Å². The molecule has 0 bridgehead atoms. The second-order valence-electron chi connectivity index (χ2n) is 6.86. The second kappa shape index (κ2) is 7.09. The standard InChI is InChI=1S/C24H22N2/c1-17-11-13-19(14-12-17)21-9-6-10-22(15-21)24-16-23(25-18(2)26-24)20-7-4-3-5-8-20/h3-11,13-17H,12H2,1-2H3. The van der Waals surface area contributed by atoms with Crippen LogP contribution in [0.1, 0.15) is 24.7 Å². The Bertz CT molecular complexity index is 984. The van der Waals surface area contributed by atoms with Gasteiger partial charge in [-0.15, -0.1) is 0 Å². The Kier molecular flexibility index (Phi) is 4.49. The van der Waals surface area contributed by atoms with Gasteiger partial charge in [0, 0.05) is 11.1 Å². The van der Waals surface area contributed by atoms with Crippen molar-refractivity contribution in [1.82, 2.24) is 9.97 Å². The highest BCUT2D eigenvalue weighted by atomic mass is 14.9. The van der Waals surface area contributed by atoms with E-state index in [9.17, 15) is 0 Å². The highest BCUT2D eigenvalue weighted by molar-refractivity contribution is 5.78. The largest absolute Gasteiger partial charge is 0.233 e. The summed E-state index contributed by atoms with van der Waals surface area (Å²) in [5.41, 5.74) is 6.69. The quantitative estimate of drug-likeness (QED) is 0.577. The van der Waals surface area contributed by atoms with Gasteiger partial charge in [-0.1, -0.05) is 73.7 Å². The van der Waals surface area contributed by atoms with E-state index in [4.69, 9.17) is 0 Å². The minimum Gasteiger partial charge on any atom is -0.233 e. The zero-order valence-electron chi connectivity index (χ0n) is 15.2. The molecule has 2 nitrogen and oxygen atoms in total. The Morgan fingerprint density at radius 2 is 1.50 bits per heavy atom. The van der Waals surface area contributed by atoms with Crippen molar-refractivity contribution in [2.24, 2.45) is 5.92 Å². The van der Waals surface area contributed by atoms with Crippen LogP contribution in [0.15, 0.2) is 78.9 Å². The molecule has 0 aliphatic heterocycles. The molecule has 1 atom stereocenters. The van der Waals surface area contributed by atoms with E-state index in [1.807, 2.05) is 25.1 Å². The van der Waals surface area contributed by atoms with Gasteiger partial charge in [0.2, 0.25) is 0 Å². The molecule has 0 radical (unpaired) electrons. The van der Waals surface area contributed by atoms with Gasteiger partial charge in [-0.05, 0) is 42.5 Å². The predicted molar refractivity (Wildman–Crippen MR) is 109 cm³/mol. The SMILES string of the molecule is Cc1nc(-c2ccccc2)cc(-c2cccc(C3=CCC(C)C=C3)c2)n1. The summed E-state index contributed by atoms with van der Waals surface area (Å²) in [5.74, 6) is 1.41. The molecule has 0 fully saturated rings. The zero-order valence-corrected chi connectivity index (χ0v) is 15.2. The topological polar surface area (TPSA) is 25.8 Å². The van der Waals surface area contributed by atoms with Crippen molar-refractivity contribution in [2.45, 2.75) is 20.3 Å². The first kappa shape index (κ1) is 16.5. The van der Waals surface area contributed by atoms with E-state index in [2.05, 4.69) is 77.6 Å². The number of nitrogens with zero attached hydrogens (tertiary/aromatic N) is 2. The van der Waals surface area contributed by atoms with E-state index in [1.165, 1.54) is 11.1 Å². The van der Waals surface area contributed by atoms with Gasteiger partial charge in [-0.3, -0.25) is 0 Å². The number of rotatable bonds is 3. The first-order chi connectivity index (χ1) is 12.7. The smallest absolute Gasteiger partial charge is 0.126 e. The summed E-state index contributed by atoms with van der Waals surface area (Å²) in [5, 5.41) is 0. The molecule has 0 saturated heterocycles. The highest BCUT2D eigenvalue weighted by Crippen LogP contribution is 2.29. The number of benzene rings is 2. The van der Waals surface area contributed by atoms with E-state index in [1.54, 1.807) is 0 Å². The van der Waals surface area contributed by atoms with Gasteiger partial charge in [-0.2, -0.15) is 0 Å². The fourth-order valence-corrected chi connectivity index (χ4v) is 3.27. The molecule has 0 amide bonds. The van der Waals surface area contributed by atoms with Crippen LogP contribution >= 0.6 is 0 Å². The molecule has 1 aliphatic rings. The van der Waals surface area contributed by atoms with Crippen LogP contribution in [-0.2, 0) is 0 Å². The van der Waals surface area contributed by atoms with Crippen LogP contribution in [0.4, 0.5) is 0 Å². The highest BCUT2D eigenvalue weighted by Gasteiger charge is 2.10. The van der Waals surface area contributed by atoms with Crippen molar-refractivity contribution < 1.29 is 0 Å². The summed E-state index contributed by atoms with van der Waals surface area (Å²) in [6.07, 6.45) is 7.93. The average Bonchev–Trinajstić information content (AvgIpc) is 2.69. The van der Waals surface area contributed by atoms with Crippen LogP contribution in [0, 0.1) is 12.8 Å². The van der Waals surface area contributed by atoms with Gasteiger partial charge in [0.25, 0.3) is 0 Å². The monoisotopic (exact) mass is 338 g/mol. The molecular formula is C24H22N2. The molecule has 3 aromatic rings. The maximum absolute atomic E-state index is 4.68. The number of aromatic nitrogens is 2. The predicted octanol–water partition coefficient (Wildman–Crippen LogP) is 6.10. The third kappa shape index (κ3) is 3.50. The second-order valence-corrected chi connectivity index (χ2v) is 6.86. The molecule has 0 N–H and O–H groups in total. The molecule has 1 heterocycles. The number of hydrogen-bond acceptors (Lipinski definition) is 2. The number of aryl methyl sites for hydroxylation is 1. The Hall–Kier alpha value is -3.00. The molecule has 4 rings (SSSR count). The van der Waals surface area contributed by atoms with Crippen LogP contribution in [0.2, 0.25) is 0 Å². The van der Waals surface area contributed by atoms with E-state index >= 15 is 0 Å². The zero-order chi connectivity index (χ0) is 17.9. The number of allylic oxidation sites excluding steroid dienone is 4. The summed E-state index contributed by atoms with van der Waals surface area (Å²) >= 11 is 0. The lowest BCUT2D eigenvalue weighted by molar-refractivity contribution is 0.739. The van der Waals surface area contributed by atoms with Crippen LogP contribution in [0.3, 0.4) is 0 Å². The van der Waals surface area contributed by atoms with Gasteiger partial charge in [0.15, 0.2) is 0 Å². The summed E-state index contributed by atoms with van der Waals surface area (Å²) in [7, 11) is 0. The molecule has 0 saturated carbocycles. The van der Waals surface area contributed by atoms with Crippen molar-refractivity contribution in [3.8, 4) is 22.5 Å². The molecule has 1 aromatic heterocycles. The van der Waals surface area contributed by atoms with Crippen molar-refractivity contribution in [3.63, 3.8) is 0 Å². The Balaban J connectivity index is 1.73. The van der Waals surface area contributed by atoms with Crippen LogP contribution < -0.4 is 0 Å². The van der Waals surface area contributed by atoms with E-state index in [0.29, 0.717) is 5.92 Å². The number of hydrogen-bond donors (Lipinski definition) is 0. The minimum absolute atomic E-state index is 0.625. The maximum atomic E-state index is 4.68. The molecule has 2 aromatic carbocycles. The molecule has 1 unspecified atom stereocenters. The first-order valence-electron chi connectivity index (χ1n) is 9.09.